The van der Waals surface area contributed by atoms with Crippen molar-refractivity contribution in [1.82, 2.24) is 10.0 Å². The summed E-state index contributed by atoms with van der Waals surface area (Å²) in [4.78, 5) is 0.261. The maximum atomic E-state index is 11.9. The van der Waals surface area contributed by atoms with Crippen molar-refractivity contribution in [2.45, 2.75) is 17.7 Å². The van der Waals surface area contributed by atoms with E-state index in [1.54, 1.807) is 12.1 Å². The van der Waals surface area contributed by atoms with Gasteiger partial charge in [-0.05, 0) is 56.1 Å². The predicted octanol–water partition coefficient (Wildman–Crippen LogP) is 1.62. The van der Waals surface area contributed by atoms with Gasteiger partial charge in [-0.2, -0.15) is 0 Å². The van der Waals surface area contributed by atoms with Gasteiger partial charge < -0.3 is 5.32 Å². The van der Waals surface area contributed by atoms with Crippen molar-refractivity contribution in [1.29, 1.82) is 0 Å². The largest absolute Gasteiger partial charge is 0.316 e. The molecular formula is C12H17ClN2O2S. The van der Waals surface area contributed by atoms with Gasteiger partial charge in [-0.25, -0.2) is 13.1 Å². The molecule has 6 heteroatoms. The summed E-state index contributed by atoms with van der Waals surface area (Å²) in [7, 11) is -3.40. The second-order valence-electron chi connectivity index (χ2n) is 4.50. The van der Waals surface area contributed by atoms with Gasteiger partial charge in [-0.1, -0.05) is 11.6 Å². The Morgan fingerprint density at radius 1 is 1.33 bits per heavy atom. The zero-order valence-corrected chi connectivity index (χ0v) is 11.6. The third-order valence-corrected chi connectivity index (χ3v) is 4.86. The highest BCUT2D eigenvalue weighted by Gasteiger charge is 2.17. The Morgan fingerprint density at radius 2 is 2.06 bits per heavy atom. The van der Waals surface area contributed by atoms with E-state index in [2.05, 4.69) is 10.0 Å². The van der Waals surface area contributed by atoms with Crippen molar-refractivity contribution in [3.8, 4) is 0 Å². The smallest absolute Gasteiger partial charge is 0.240 e. The van der Waals surface area contributed by atoms with Gasteiger partial charge in [0.15, 0.2) is 0 Å². The van der Waals surface area contributed by atoms with Crippen LogP contribution in [0.2, 0.25) is 5.02 Å². The lowest BCUT2D eigenvalue weighted by Crippen LogP contribution is -2.26. The molecular weight excluding hydrogens is 272 g/mol. The van der Waals surface area contributed by atoms with E-state index in [0.717, 1.165) is 25.9 Å². The molecule has 1 unspecified atom stereocenters. The first-order valence-electron chi connectivity index (χ1n) is 6.04. The predicted molar refractivity (Wildman–Crippen MR) is 72.2 cm³/mol. The van der Waals surface area contributed by atoms with Crippen molar-refractivity contribution in [2.24, 2.45) is 5.92 Å². The highest BCUT2D eigenvalue weighted by Crippen LogP contribution is 2.15. The number of hydrogen-bond donors (Lipinski definition) is 2. The minimum Gasteiger partial charge on any atom is -0.316 e. The minimum atomic E-state index is -3.40. The van der Waals surface area contributed by atoms with Gasteiger partial charge >= 0.3 is 0 Å². The minimum absolute atomic E-state index is 0.261. The van der Waals surface area contributed by atoms with E-state index in [9.17, 15) is 8.42 Å². The van der Waals surface area contributed by atoms with Crippen LogP contribution in [0.1, 0.15) is 12.8 Å². The third kappa shape index (κ3) is 3.68. The quantitative estimate of drug-likeness (QED) is 0.866. The van der Waals surface area contributed by atoms with Gasteiger partial charge in [0.2, 0.25) is 10.0 Å². The zero-order chi connectivity index (χ0) is 13.0. The number of halogens is 1. The van der Waals surface area contributed by atoms with Crippen LogP contribution in [-0.2, 0) is 10.0 Å². The molecule has 100 valence electrons. The lowest BCUT2D eigenvalue weighted by molar-refractivity contribution is 0.519. The molecule has 0 saturated carbocycles. The molecule has 1 saturated heterocycles. The van der Waals surface area contributed by atoms with Crippen LogP contribution < -0.4 is 10.0 Å². The van der Waals surface area contributed by atoms with Gasteiger partial charge in [-0.15, -0.1) is 0 Å². The highest BCUT2D eigenvalue weighted by atomic mass is 35.5. The Kier molecular flexibility index (Phi) is 4.61. The van der Waals surface area contributed by atoms with Crippen molar-refractivity contribution in [3.05, 3.63) is 29.3 Å². The van der Waals surface area contributed by atoms with Gasteiger partial charge in [0.1, 0.15) is 0 Å². The third-order valence-electron chi connectivity index (χ3n) is 3.13. The molecule has 1 fully saturated rings. The van der Waals surface area contributed by atoms with E-state index in [-0.39, 0.29) is 4.90 Å². The van der Waals surface area contributed by atoms with Crippen molar-refractivity contribution < 1.29 is 8.42 Å². The Bertz CT molecular complexity index is 481. The van der Waals surface area contributed by atoms with Crippen molar-refractivity contribution in [3.63, 3.8) is 0 Å². The van der Waals surface area contributed by atoms with E-state index in [0.29, 0.717) is 17.5 Å². The maximum absolute atomic E-state index is 11.9. The molecule has 2 N–H and O–H groups in total. The Hall–Kier alpha value is -0.620. The fourth-order valence-corrected chi connectivity index (χ4v) is 3.23. The molecule has 0 aliphatic carbocycles. The molecule has 0 bridgehead atoms. The average Bonchev–Trinajstić information content (AvgIpc) is 2.82. The molecule has 1 aliphatic rings. The zero-order valence-electron chi connectivity index (χ0n) is 10.0. The molecule has 4 nitrogen and oxygen atoms in total. The van der Waals surface area contributed by atoms with Crippen molar-refractivity contribution >= 4 is 21.6 Å². The summed E-state index contributed by atoms with van der Waals surface area (Å²) in [6.07, 6.45) is 2.00. The van der Waals surface area contributed by atoms with Gasteiger partial charge in [-0.3, -0.25) is 0 Å². The van der Waals surface area contributed by atoms with Gasteiger partial charge in [0.25, 0.3) is 0 Å². The van der Waals surface area contributed by atoms with Crippen LogP contribution in [-0.4, -0.2) is 28.1 Å². The molecule has 18 heavy (non-hydrogen) atoms. The Labute approximate surface area is 113 Å². The number of benzene rings is 1. The van der Waals surface area contributed by atoms with E-state index in [1.165, 1.54) is 12.1 Å². The molecule has 2 rings (SSSR count). The summed E-state index contributed by atoms with van der Waals surface area (Å²) in [5.74, 6) is 0.581. The van der Waals surface area contributed by atoms with Crippen LogP contribution in [0.4, 0.5) is 0 Å². The number of rotatable bonds is 5. The maximum Gasteiger partial charge on any atom is 0.240 e. The molecule has 0 radical (unpaired) electrons. The van der Waals surface area contributed by atoms with Crippen LogP contribution in [0, 0.1) is 5.92 Å². The molecule has 1 aromatic carbocycles. The Balaban J connectivity index is 1.88. The summed E-state index contributed by atoms with van der Waals surface area (Å²) >= 11 is 5.73. The molecule has 0 spiro atoms. The fourth-order valence-electron chi connectivity index (χ4n) is 2.06. The molecule has 0 aromatic heterocycles. The second kappa shape index (κ2) is 6.02. The van der Waals surface area contributed by atoms with Gasteiger partial charge in [0.05, 0.1) is 4.90 Å². The number of nitrogens with one attached hydrogen (secondary N) is 2. The van der Waals surface area contributed by atoms with Crippen LogP contribution in [0.15, 0.2) is 29.2 Å². The van der Waals surface area contributed by atoms with Crippen LogP contribution in [0.5, 0.6) is 0 Å². The number of sulfonamides is 1. The molecule has 1 aliphatic heterocycles. The first-order chi connectivity index (χ1) is 8.58. The standard InChI is InChI=1S/C12H17ClN2O2S/c13-11-1-3-12(4-2-11)18(16,17)15-8-6-10-5-7-14-9-10/h1-4,10,14-15H,5-9H2. The Morgan fingerprint density at radius 3 is 2.67 bits per heavy atom. The lowest BCUT2D eigenvalue weighted by atomic mass is 10.1. The van der Waals surface area contributed by atoms with E-state index in [4.69, 9.17) is 11.6 Å². The fraction of sp³-hybridized carbons (Fsp3) is 0.500. The van der Waals surface area contributed by atoms with Crippen molar-refractivity contribution in [2.75, 3.05) is 19.6 Å². The average molecular weight is 289 g/mol. The topological polar surface area (TPSA) is 58.2 Å². The molecule has 1 aromatic rings. The summed E-state index contributed by atoms with van der Waals surface area (Å²) in [6.45, 7) is 2.51. The lowest BCUT2D eigenvalue weighted by Gasteiger charge is -2.10. The monoisotopic (exact) mass is 288 g/mol. The summed E-state index contributed by atoms with van der Waals surface area (Å²) in [5, 5.41) is 3.80. The molecule has 1 heterocycles. The first-order valence-corrected chi connectivity index (χ1v) is 7.90. The summed E-state index contributed by atoms with van der Waals surface area (Å²) in [5.41, 5.74) is 0. The van der Waals surface area contributed by atoms with E-state index >= 15 is 0 Å². The van der Waals surface area contributed by atoms with Gasteiger partial charge in [0, 0.05) is 11.6 Å². The molecule has 0 amide bonds. The first kappa shape index (κ1) is 13.8. The summed E-state index contributed by atoms with van der Waals surface area (Å²) < 4.78 is 26.5. The normalized spacial score (nSPS) is 20.2. The SMILES string of the molecule is O=S(=O)(NCCC1CCNC1)c1ccc(Cl)cc1. The second-order valence-corrected chi connectivity index (χ2v) is 6.70. The highest BCUT2D eigenvalue weighted by molar-refractivity contribution is 7.89. The number of hydrogen-bond acceptors (Lipinski definition) is 3. The molecule has 1 atom stereocenters. The van der Waals surface area contributed by atoms with Crippen LogP contribution in [0.25, 0.3) is 0 Å². The van der Waals surface area contributed by atoms with E-state index < -0.39 is 10.0 Å². The van der Waals surface area contributed by atoms with E-state index in [1.807, 2.05) is 0 Å². The van der Waals surface area contributed by atoms with Crippen LogP contribution >= 0.6 is 11.6 Å². The van der Waals surface area contributed by atoms with Crippen LogP contribution in [0.3, 0.4) is 0 Å². The summed E-state index contributed by atoms with van der Waals surface area (Å²) in [6, 6.07) is 6.19.